The van der Waals surface area contributed by atoms with E-state index >= 15 is 0 Å². The van der Waals surface area contributed by atoms with Crippen molar-refractivity contribution in [2.75, 3.05) is 26.4 Å². The number of ether oxygens (including phenoxy) is 2. The molecule has 0 aliphatic carbocycles. The molecular formula is C81H140NO8P. The van der Waals surface area contributed by atoms with E-state index in [4.69, 9.17) is 24.3 Å². The van der Waals surface area contributed by atoms with Crippen LogP contribution in [-0.4, -0.2) is 49.3 Å². The molecule has 0 radical (unpaired) electrons. The Morgan fingerprint density at radius 3 is 0.846 bits per heavy atom. The number of carbonyl (C=O) groups excluding carboxylic acids is 2. The van der Waals surface area contributed by atoms with Gasteiger partial charge in [0.25, 0.3) is 0 Å². The molecular weight excluding hydrogens is 1150 g/mol. The van der Waals surface area contributed by atoms with Crippen molar-refractivity contribution in [2.45, 2.75) is 341 Å². The SMILES string of the molecule is CC/C=C\C/C=C\C/C=C\C/C=C\C/C=C\C/C=C\C/C=C\CCCCCCCCCCCCCCCCCCCC(=O)OC(COC(=O)CCCCCCCCCCCCCCCCCCCC/C=C\C/C=C\C/C=C\C/C=C\CC)COP(=O)(O)OCCN. The van der Waals surface area contributed by atoms with Crippen molar-refractivity contribution in [3.05, 3.63) is 134 Å². The minimum absolute atomic E-state index is 0.0507. The first kappa shape index (κ1) is 87.2. The van der Waals surface area contributed by atoms with Gasteiger partial charge in [-0.2, -0.15) is 0 Å². The van der Waals surface area contributed by atoms with Gasteiger partial charge < -0.3 is 20.1 Å². The van der Waals surface area contributed by atoms with Crippen molar-refractivity contribution in [2.24, 2.45) is 5.73 Å². The topological polar surface area (TPSA) is 134 Å². The fourth-order valence-electron chi connectivity index (χ4n) is 10.6. The lowest BCUT2D eigenvalue weighted by atomic mass is 10.0. The average Bonchev–Trinajstić information content (AvgIpc) is 3.71. The molecule has 0 spiro atoms. The van der Waals surface area contributed by atoms with Crippen molar-refractivity contribution < 1.29 is 37.6 Å². The first-order valence-electron chi connectivity index (χ1n) is 37.7. The molecule has 0 fully saturated rings. The number of phosphoric acid groups is 1. The van der Waals surface area contributed by atoms with E-state index < -0.39 is 26.5 Å². The fraction of sp³-hybridized carbons (Fsp3) is 0.704. The van der Waals surface area contributed by atoms with Gasteiger partial charge >= 0.3 is 19.8 Å². The highest BCUT2D eigenvalue weighted by Gasteiger charge is 2.26. The second-order valence-electron chi connectivity index (χ2n) is 24.8. The first-order chi connectivity index (χ1) is 44.8. The standard InChI is InChI=1S/C81H140NO8P/c1-3-5-7-9-11-13-15-17-19-21-23-25-27-29-31-33-35-36-37-38-39-40-41-42-44-46-48-50-52-54-56-58-60-62-64-66-68-70-72-74-81(84)90-79(78-89-91(85,86)88-76-75-82)77-87-80(83)73-71-69-67-65-63-61-59-57-55-53-51-49-47-45-43-34-32-30-28-26-24-22-20-18-16-14-12-10-8-6-4-2/h5-8,11-14,17-20,23-26,29,31,35-36,38-39,79H,3-4,9-10,15-16,21-22,27-28,30,32-34,37,40-78,82H2,1-2H3,(H,85,86)/b7-5-,8-6-,13-11-,14-12-,19-17-,20-18-,25-23-,26-24-,31-29-,36-35-,39-38-. The van der Waals surface area contributed by atoms with Gasteiger partial charge in [0.15, 0.2) is 6.10 Å². The third-order valence-electron chi connectivity index (χ3n) is 16.0. The molecule has 522 valence electrons. The smallest absolute Gasteiger partial charge is 0.462 e. The predicted octanol–water partition coefficient (Wildman–Crippen LogP) is 25.2. The number of hydrogen-bond acceptors (Lipinski definition) is 8. The second-order valence-corrected chi connectivity index (χ2v) is 26.2. The molecule has 0 aromatic carbocycles. The van der Waals surface area contributed by atoms with Crippen LogP contribution in [0.5, 0.6) is 0 Å². The van der Waals surface area contributed by atoms with Crippen LogP contribution in [-0.2, 0) is 32.7 Å². The normalized spacial score (nSPS) is 13.7. The van der Waals surface area contributed by atoms with Crippen molar-refractivity contribution in [1.29, 1.82) is 0 Å². The zero-order chi connectivity index (χ0) is 65.8. The minimum atomic E-state index is -4.40. The van der Waals surface area contributed by atoms with E-state index in [1.165, 1.54) is 193 Å². The third kappa shape index (κ3) is 75.1. The first-order valence-corrected chi connectivity index (χ1v) is 39.2. The van der Waals surface area contributed by atoms with Gasteiger partial charge in [-0.25, -0.2) is 4.57 Å². The number of carbonyl (C=O) groups is 2. The van der Waals surface area contributed by atoms with E-state index in [9.17, 15) is 19.0 Å². The number of esters is 2. The Hall–Kier alpha value is -3.85. The summed E-state index contributed by atoms with van der Waals surface area (Å²) in [5, 5.41) is 0. The number of hydrogen-bond donors (Lipinski definition) is 2. The molecule has 2 unspecified atom stereocenters. The third-order valence-corrected chi connectivity index (χ3v) is 17.0. The van der Waals surface area contributed by atoms with Crippen LogP contribution in [0.15, 0.2) is 134 Å². The molecule has 0 rings (SSSR count). The molecule has 2 atom stereocenters. The summed E-state index contributed by atoms with van der Waals surface area (Å²) in [5.74, 6) is -0.818. The van der Waals surface area contributed by atoms with Gasteiger partial charge in [0.2, 0.25) is 0 Å². The van der Waals surface area contributed by atoms with Crippen molar-refractivity contribution in [3.63, 3.8) is 0 Å². The monoisotopic (exact) mass is 1290 g/mol. The summed E-state index contributed by atoms with van der Waals surface area (Å²) in [7, 11) is -4.40. The summed E-state index contributed by atoms with van der Waals surface area (Å²) in [4.78, 5) is 35.4. The molecule has 3 N–H and O–H groups in total. The molecule has 0 aliphatic rings. The van der Waals surface area contributed by atoms with Gasteiger partial charge in [0.05, 0.1) is 13.2 Å². The average molecular weight is 1290 g/mol. The summed E-state index contributed by atoms with van der Waals surface area (Å²) < 4.78 is 33.2. The van der Waals surface area contributed by atoms with Gasteiger partial charge in [-0.05, 0) is 109 Å². The Bertz CT molecular complexity index is 1960. The van der Waals surface area contributed by atoms with Crippen molar-refractivity contribution in [1.82, 2.24) is 0 Å². The summed E-state index contributed by atoms with van der Waals surface area (Å²) in [6, 6.07) is 0. The van der Waals surface area contributed by atoms with Gasteiger partial charge in [0, 0.05) is 19.4 Å². The van der Waals surface area contributed by atoms with Crippen LogP contribution in [0.3, 0.4) is 0 Å². The fourth-order valence-corrected chi connectivity index (χ4v) is 11.3. The molecule has 9 nitrogen and oxygen atoms in total. The molecule has 0 heterocycles. The lowest BCUT2D eigenvalue weighted by Crippen LogP contribution is -2.29. The second kappa shape index (κ2) is 75.2. The van der Waals surface area contributed by atoms with E-state index in [1.54, 1.807) is 0 Å². The number of allylic oxidation sites excluding steroid dienone is 22. The Labute approximate surface area is 561 Å². The molecule has 0 bridgehead atoms. The van der Waals surface area contributed by atoms with E-state index in [0.717, 1.165) is 109 Å². The van der Waals surface area contributed by atoms with Crippen LogP contribution < -0.4 is 5.73 Å². The minimum Gasteiger partial charge on any atom is -0.462 e. The number of unbranched alkanes of at least 4 members (excludes halogenated alkanes) is 35. The Morgan fingerprint density at radius 1 is 0.330 bits per heavy atom. The maximum atomic E-state index is 12.8. The van der Waals surface area contributed by atoms with Crippen LogP contribution in [0, 0.1) is 0 Å². The molecule has 0 amide bonds. The molecule has 0 aromatic rings. The summed E-state index contributed by atoms with van der Waals surface area (Å²) in [5.41, 5.74) is 5.41. The van der Waals surface area contributed by atoms with Crippen LogP contribution in [0.1, 0.15) is 335 Å². The van der Waals surface area contributed by atoms with Gasteiger partial charge in [-0.1, -0.05) is 347 Å². The van der Waals surface area contributed by atoms with E-state index in [-0.39, 0.29) is 38.6 Å². The molecule has 10 heteroatoms. The maximum absolute atomic E-state index is 12.8. The lowest BCUT2D eigenvalue weighted by Gasteiger charge is -2.19. The number of rotatable bonds is 70. The Morgan fingerprint density at radius 2 is 0.571 bits per heavy atom. The maximum Gasteiger partial charge on any atom is 0.472 e. The highest BCUT2D eigenvalue weighted by Crippen LogP contribution is 2.43. The summed E-state index contributed by atoms with van der Waals surface area (Å²) in [6.07, 6.45) is 107. The quantitative estimate of drug-likeness (QED) is 0.0264. The van der Waals surface area contributed by atoms with Crippen LogP contribution in [0.25, 0.3) is 0 Å². The molecule has 0 saturated heterocycles. The molecule has 0 saturated carbocycles. The van der Waals surface area contributed by atoms with Gasteiger partial charge in [-0.3, -0.25) is 18.6 Å². The Balaban J connectivity index is 3.84. The van der Waals surface area contributed by atoms with Crippen LogP contribution in [0.2, 0.25) is 0 Å². The predicted molar refractivity (Wildman–Crippen MR) is 394 cm³/mol. The van der Waals surface area contributed by atoms with Crippen LogP contribution in [0.4, 0.5) is 0 Å². The number of phosphoric ester groups is 1. The molecule has 0 aliphatic heterocycles. The zero-order valence-electron chi connectivity index (χ0n) is 58.8. The largest absolute Gasteiger partial charge is 0.472 e. The van der Waals surface area contributed by atoms with Crippen molar-refractivity contribution in [3.8, 4) is 0 Å². The zero-order valence-corrected chi connectivity index (χ0v) is 59.7. The Kier molecular flexibility index (Phi) is 72.0. The van der Waals surface area contributed by atoms with E-state index in [0.29, 0.717) is 6.42 Å². The van der Waals surface area contributed by atoms with Gasteiger partial charge in [-0.15, -0.1) is 0 Å². The lowest BCUT2D eigenvalue weighted by molar-refractivity contribution is -0.161. The van der Waals surface area contributed by atoms with E-state index in [1.807, 2.05) is 0 Å². The highest BCUT2D eigenvalue weighted by atomic mass is 31.2. The van der Waals surface area contributed by atoms with Crippen molar-refractivity contribution >= 4 is 19.8 Å². The number of nitrogens with two attached hydrogens (primary N) is 1. The summed E-state index contributed by atoms with van der Waals surface area (Å²) in [6.45, 7) is 3.55. The highest BCUT2D eigenvalue weighted by molar-refractivity contribution is 7.47. The molecule has 0 aromatic heterocycles. The van der Waals surface area contributed by atoms with Gasteiger partial charge in [0.1, 0.15) is 6.61 Å². The van der Waals surface area contributed by atoms with Crippen LogP contribution >= 0.6 is 7.82 Å². The summed E-state index contributed by atoms with van der Waals surface area (Å²) >= 11 is 0. The molecule has 91 heavy (non-hydrogen) atoms. The van der Waals surface area contributed by atoms with E-state index in [2.05, 4.69) is 148 Å².